The minimum atomic E-state index is -0.648. The number of carbonyl (C=O) groups excluding carboxylic acids is 2. The molecule has 0 aromatic heterocycles. The standard InChI is InChI=1S/C61H94O5/c1-4-7-10-13-16-19-22-25-28-29-30-31-32-35-38-41-44-47-50-53-56-64-57-59(66-61(63)55-52-49-46-43-40-37-34-27-24-21-18-15-12-9-6-3)58-65-60(62)54-51-48-45-42-39-36-33-26-23-20-17-14-11-8-5-2/h8-9,11-12,16-21,25-28,30-31,33-34,39-40,42-43,48-49,51-52,59H,4-7,10,13-15,22-24,29,32,35-38,41,44-47,50,53-58H2,1-3H3/b11-8-,12-9-,19-16-,20-17-,21-18-,28-25-,31-30-,33-26-,34-27-,42-39-,43-40-,51-48-,52-49-. The first kappa shape index (κ1) is 61.5. The van der Waals surface area contributed by atoms with Gasteiger partial charge < -0.3 is 14.2 Å². The molecule has 66 heavy (non-hydrogen) atoms. The second kappa shape index (κ2) is 54.9. The van der Waals surface area contributed by atoms with Gasteiger partial charge >= 0.3 is 11.9 Å². The number of rotatable bonds is 45. The summed E-state index contributed by atoms with van der Waals surface area (Å²) in [5, 5.41) is 0. The van der Waals surface area contributed by atoms with Crippen LogP contribution in [0.25, 0.3) is 0 Å². The molecular formula is C61H94O5. The summed E-state index contributed by atoms with van der Waals surface area (Å²) in [5.74, 6) is -0.710. The number of ether oxygens (including phenoxy) is 3. The molecule has 0 heterocycles. The summed E-state index contributed by atoms with van der Waals surface area (Å²) < 4.78 is 17.2. The van der Waals surface area contributed by atoms with E-state index in [0.717, 1.165) is 96.3 Å². The largest absolute Gasteiger partial charge is 0.461 e. The normalized spacial score (nSPS) is 13.6. The molecule has 0 radical (unpaired) electrons. The Hall–Kier alpha value is -4.48. The maximum absolute atomic E-state index is 12.7. The first-order valence-electron chi connectivity index (χ1n) is 26.0. The van der Waals surface area contributed by atoms with Crippen LogP contribution in [0.2, 0.25) is 0 Å². The molecule has 368 valence electrons. The molecule has 0 aliphatic carbocycles. The predicted octanol–water partition coefficient (Wildman–Crippen LogP) is 17.9. The summed E-state index contributed by atoms with van der Waals surface area (Å²) in [4.78, 5) is 25.3. The number of esters is 2. The number of allylic oxidation sites excluding steroid dienone is 24. The van der Waals surface area contributed by atoms with Gasteiger partial charge in [-0.2, -0.15) is 0 Å². The highest BCUT2D eigenvalue weighted by Gasteiger charge is 2.17. The zero-order valence-electron chi connectivity index (χ0n) is 42.1. The van der Waals surface area contributed by atoms with E-state index in [1.807, 2.05) is 24.3 Å². The third kappa shape index (κ3) is 52.1. The fourth-order valence-electron chi connectivity index (χ4n) is 6.31. The molecule has 0 aromatic carbocycles. The van der Waals surface area contributed by atoms with E-state index >= 15 is 0 Å². The highest BCUT2D eigenvalue weighted by atomic mass is 16.6. The van der Waals surface area contributed by atoms with Crippen molar-refractivity contribution >= 4 is 11.9 Å². The van der Waals surface area contributed by atoms with Crippen LogP contribution in [0.5, 0.6) is 0 Å². The lowest BCUT2D eigenvalue weighted by atomic mass is 10.1. The average Bonchev–Trinajstić information content (AvgIpc) is 3.32. The Bertz CT molecular complexity index is 1490. The SMILES string of the molecule is CC/C=C\C/C=C\C/C=C\C/C=C\C/C=C\CC(=O)OCC(COCCCCCCCCC/C=C\C/C=C\C/C=C\CCCCC)OC(=O)C/C=C\C/C=C\C/C=C\C/C=C\C/C=C\CC. The highest BCUT2D eigenvalue weighted by molar-refractivity contribution is 5.72. The minimum absolute atomic E-state index is 0.0241. The Morgan fingerprint density at radius 3 is 1.09 bits per heavy atom. The zero-order valence-corrected chi connectivity index (χ0v) is 42.1. The molecule has 0 amide bonds. The summed E-state index contributed by atoms with van der Waals surface area (Å²) >= 11 is 0. The molecule has 0 bridgehead atoms. The second-order valence-electron chi connectivity index (χ2n) is 16.3. The fraction of sp³-hybridized carbons (Fsp3) is 0.541. The zero-order chi connectivity index (χ0) is 47.7. The maximum Gasteiger partial charge on any atom is 0.310 e. The summed E-state index contributed by atoms with van der Waals surface area (Å²) in [7, 11) is 0. The fourth-order valence-corrected chi connectivity index (χ4v) is 6.31. The Morgan fingerprint density at radius 2 is 0.682 bits per heavy atom. The van der Waals surface area contributed by atoms with Crippen molar-refractivity contribution in [1.82, 2.24) is 0 Å². The van der Waals surface area contributed by atoms with E-state index < -0.39 is 6.10 Å². The van der Waals surface area contributed by atoms with Gasteiger partial charge in [0.2, 0.25) is 0 Å². The number of unbranched alkanes of at least 4 members (excludes halogenated alkanes) is 10. The second-order valence-corrected chi connectivity index (χ2v) is 16.3. The van der Waals surface area contributed by atoms with Gasteiger partial charge in [-0.3, -0.25) is 9.59 Å². The van der Waals surface area contributed by atoms with Crippen molar-refractivity contribution in [1.29, 1.82) is 0 Å². The van der Waals surface area contributed by atoms with Crippen molar-refractivity contribution in [3.8, 4) is 0 Å². The smallest absolute Gasteiger partial charge is 0.310 e. The summed E-state index contributed by atoms with van der Waals surface area (Å²) in [6, 6.07) is 0. The molecule has 1 atom stereocenters. The van der Waals surface area contributed by atoms with Crippen molar-refractivity contribution < 1.29 is 23.8 Å². The predicted molar refractivity (Wildman–Crippen MR) is 288 cm³/mol. The summed E-state index contributed by atoms with van der Waals surface area (Å²) in [6.07, 6.45) is 81.6. The van der Waals surface area contributed by atoms with Crippen LogP contribution in [0.4, 0.5) is 0 Å². The van der Waals surface area contributed by atoms with Crippen LogP contribution in [0.3, 0.4) is 0 Å². The quantitative estimate of drug-likeness (QED) is 0.0346. The van der Waals surface area contributed by atoms with Gasteiger partial charge in [-0.1, -0.05) is 224 Å². The van der Waals surface area contributed by atoms with E-state index in [-0.39, 0.29) is 38.0 Å². The molecule has 0 N–H and O–H groups in total. The van der Waals surface area contributed by atoms with Gasteiger partial charge in [-0.05, 0) is 109 Å². The van der Waals surface area contributed by atoms with E-state index in [1.165, 1.54) is 57.8 Å². The van der Waals surface area contributed by atoms with Gasteiger partial charge in [0.1, 0.15) is 6.61 Å². The molecule has 0 fully saturated rings. The molecule has 0 spiro atoms. The third-order valence-electron chi connectivity index (χ3n) is 10.1. The Morgan fingerprint density at radius 1 is 0.348 bits per heavy atom. The number of carbonyl (C=O) groups is 2. The van der Waals surface area contributed by atoms with Crippen LogP contribution in [0.1, 0.15) is 188 Å². The Kier molecular flexibility index (Phi) is 51.1. The molecule has 0 aromatic rings. The van der Waals surface area contributed by atoms with Crippen molar-refractivity contribution in [2.75, 3.05) is 19.8 Å². The summed E-state index contributed by atoms with van der Waals surface area (Å²) in [6.45, 7) is 7.30. The molecule has 0 rings (SSSR count). The van der Waals surface area contributed by atoms with E-state index in [9.17, 15) is 9.59 Å². The molecule has 0 aliphatic heterocycles. The average molecular weight is 907 g/mol. The van der Waals surface area contributed by atoms with Crippen molar-refractivity contribution in [2.24, 2.45) is 0 Å². The van der Waals surface area contributed by atoms with Crippen LogP contribution in [-0.2, 0) is 23.8 Å². The van der Waals surface area contributed by atoms with Crippen LogP contribution in [0, 0.1) is 0 Å². The Labute approximate surface area is 405 Å². The van der Waals surface area contributed by atoms with Gasteiger partial charge in [0.15, 0.2) is 6.10 Å². The van der Waals surface area contributed by atoms with E-state index in [2.05, 4.69) is 154 Å². The molecule has 0 saturated heterocycles. The molecular weight excluding hydrogens is 813 g/mol. The molecule has 5 heteroatoms. The lowest BCUT2D eigenvalue weighted by Crippen LogP contribution is -2.29. The highest BCUT2D eigenvalue weighted by Crippen LogP contribution is 2.10. The van der Waals surface area contributed by atoms with Crippen LogP contribution in [-0.4, -0.2) is 37.9 Å². The molecule has 5 nitrogen and oxygen atoms in total. The van der Waals surface area contributed by atoms with E-state index in [1.54, 1.807) is 0 Å². The minimum Gasteiger partial charge on any atom is -0.461 e. The van der Waals surface area contributed by atoms with Crippen LogP contribution >= 0.6 is 0 Å². The van der Waals surface area contributed by atoms with Crippen LogP contribution in [0.15, 0.2) is 158 Å². The van der Waals surface area contributed by atoms with Crippen molar-refractivity contribution in [3.63, 3.8) is 0 Å². The van der Waals surface area contributed by atoms with Gasteiger partial charge in [0.25, 0.3) is 0 Å². The summed E-state index contributed by atoms with van der Waals surface area (Å²) in [5.41, 5.74) is 0. The topological polar surface area (TPSA) is 61.8 Å². The molecule has 0 saturated carbocycles. The van der Waals surface area contributed by atoms with Crippen molar-refractivity contribution in [3.05, 3.63) is 158 Å². The Balaban J connectivity index is 4.54. The van der Waals surface area contributed by atoms with E-state index in [0.29, 0.717) is 6.61 Å². The lowest BCUT2D eigenvalue weighted by Gasteiger charge is -2.18. The lowest BCUT2D eigenvalue weighted by molar-refractivity contribution is -0.161. The maximum atomic E-state index is 12.7. The molecule has 1 unspecified atom stereocenters. The van der Waals surface area contributed by atoms with Gasteiger partial charge in [-0.25, -0.2) is 0 Å². The first-order chi connectivity index (χ1) is 32.6. The van der Waals surface area contributed by atoms with Gasteiger partial charge in [0.05, 0.1) is 19.4 Å². The molecule has 0 aliphatic rings. The van der Waals surface area contributed by atoms with E-state index in [4.69, 9.17) is 14.2 Å². The van der Waals surface area contributed by atoms with Gasteiger partial charge in [-0.15, -0.1) is 0 Å². The number of hydrogen-bond donors (Lipinski definition) is 0. The van der Waals surface area contributed by atoms with Gasteiger partial charge in [0, 0.05) is 6.61 Å². The van der Waals surface area contributed by atoms with Crippen LogP contribution < -0.4 is 0 Å². The number of hydrogen-bond acceptors (Lipinski definition) is 5. The third-order valence-corrected chi connectivity index (χ3v) is 10.1. The van der Waals surface area contributed by atoms with Crippen molar-refractivity contribution in [2.45, 2.75) is 194 Å². The monoisotopic (exact) mass is 907 g/mol. The first-order valence-corrected chi connectivity index (χ1v) is 26.0.